The van der Waals surface area contributed by atoms with Crippen molar-refractivity contribution in [3.8, 4) is 16.5 Å². The van der Waals surface area contributed by atoms with Gasteiger partial charge in [0, 0.05) is 29.2 Å². The number of ether oxygens (including phenoxy) is 1. The summed E-state index contributed by atoms with van der Waals surface area (Å²) < 4.78 is 15.7. The first-order valence-electron chi connectivity index (χ1n) is 10.8. The highest BCUT2D eigenvalue weighted by atomic mass is 32.1. The van der Waals surface area contributed by atoms with Crippen molar-refractivity contribution in [2.75, 3.05) is 13.1 Å². The molecule has 0 atom stereocenters. The largest absolute Gasteiger partial charge is 0.488 e. The van der Waals surface area contributed by atoms with Crippen molar-refractivity contribution in [2.24, 2.45) is 7.05 Å². The molecule has 31 heavy (non-hydrogen) atoms. The number of thiophene rings is 1. The van der Waals surface area contributed by atoms with Crippen LogP contribution in [0.5, 0.6) is 5.75 Å². The molecule has 0 aliphatic carbocycles. The van der Waals surface area contributed by atoms with Gasteiger partial charge in [0.25, 0.3) is 5.89 Å². The molecule has 0 saturated carbocycles. The van der Waals surface area contributed by atoms with Gasteiger partial charge in [-0.3, -0.25) is 4.68 Å². The van der Waals surface area contributed by atoms with Crippen molar-refractivity contribution >= 4 is 21.4 Å². The summed E-state index contributed by atoms with van der Waals surface area (Å²) in [5, 5.41) is 17.7. The maximum absolute atomic E-state index is 6.50. The number of piperidine rings is 1. The first kappa shape index (κ1) is 20.2. The fourth-order valence-electron chi connectivity index (χ4n) is 4.22. The Labute approximate surface area is 185 Å². The molecule has 162 valence electrons. The van der Waals surface area contributed by atoms with Crippen LogP contribution in [0.3, 0.4) is 0 Å². The van der Waals surface area contributed by atoms with Gasteiger partial charge in [-0.15, -0.1) is 21.5 Å². The Morgan fingerprint density at radius 1 is 1.16 bits per heavy atom. The number of fused-ring (bicyclic) bond motifs is 1. The predicted octanol–water partition coefficient (Wildman–Crippen LogP) is 4.22. The van der Waals surface area contributed by atoms with Gasteiger partial charge in [0.2, 0.25) is 5.89 Å². The van der Waals surface area contributed by atoms with Crippen molar-refractivity contribution < 1.29 is 9.15 Å². The minimum absolute atomic E-state index is 0.205. The third kappa shape index (κ3) is 3.97. The molecular weight excluding hydrogens is 410 g/mol. The first-order chi connectivity index (χ1) is 15.1. The molecule has 7 nitrogen and oxygen atoms in total. The Morgan fingerprint density at radius 2 is 1.97 bits per heavy atom. The summed E-state index contributed by atoms with van der Waals surface area (Å²) >= 11 is 1.65. The zero-order chi connectivity index (χ0) is 21.4. The summed E-state index contributed by atoms with van der Waals surface area (Å²) in [5.41, 5.74) is 3.49. The monoisotopic (exact) mass is 437 g/mol. The smallest absolute Gasteiger partial charge is 0.261 e. The quantitative estimate of drug-likeness (QED) is 0.487. The summed E-state index contributed by atoms with van der Waals surface area (Å²) in [4.78, 5) is 0.923. The molecule has 0 amide bonds. The molecule has 1 fully saturated rings. The maximum atomic E-state index is 6.50. The summed E-state index contributed by atoms with van der Waals surface area (Å²) in [6, 6.07) is 8.32. The average Bonchev–Trinajstić information content (AvgIpc) is 3.45. The van der Waals surface area contributed by atoms with E-state index in [1.807, 2.05) is 24.7 Å². The molecule has 4 aromatic rings. The highest BCUT2D eigenvalue weighted by Gasteiger charge is 2.24. The molecule has 0 bridgehead atoms. The highest BCUT2D eigenvalue weighted by Crippen LogP contribution is 2.44. The molecule has 1 aliphatic rings. The van der Waals surface area contributed by atoms with Gasteiger partial charge in [-0.1, -0.05) is 12.1 Å². The number of aryl methyl sites for hydroxylation is 3. The highest BCUT2D eigenvalue weighted by molar-refractivity contribution is 7.22. The zero-order valence-electron chi connectivity index (χ0n) is 18.1. The number of hydrogen-bond donors (Lipinski definition) is 1. The summed E-state index contributed by atoms with van der Waals surface area (Å²) in [5.74, 6) is 2.06. The lowest BCUT2D eigenvalue weighted by Gasteiger charge is -2.24. The Balaban J connectivity index is 1.41. The van der Waals surface area contributed by atoms with Crippen molar-refractivity contribution in [3.63, 3.8) is 0 Å². The van der Waals surface area contributed by atoms with Gasteiger partial charge >= 0.3 is 0 Å². The molecule has 4 heterocycles. The van der Waals surface area contributed by atoms with Crippen LogP contribution < -0.4 is 10.1 Å². The van der Waals surface area contributed by atoms with Crippen molar-refractivity contribution in [2.45, 2.75) is 45.6 Å². The molecule has 8 heteroatoms. The second-order valence-corrected chi connectivity index (χ2v) is 9.15. The van der Waals surface area contributed by atoms with Crippen LogP contribution in [-0.4, -0.2) is 39.2 Å². The molecule has 1 saturated heterocycles. The van der Waals surface area contributed by atoms with Crippen molar-refractivity contribution in [3.05, 3.63) is 47.1 Å². The van der Waals surface area contributed by atoms with Gasteiger partial charge < -0.3 is 14.5 Å². The Hall–Kier alpha value is -2.71. The number of hydrogen-bond acceptors (Lipinski definition) is 7. The lowest BCUT2D eigenvalue weighted by Crippen LogP contribution is -2.34. The molecule has 1 N–H and O–H groups in total. The SMILES string of the molecule is Cc1nn(C)c(C)c1CCc1nnc(-c2sc3ccccc3c2OC2CCNCC2)o1. The molecule has 0 radical (unpaired) electrons. The van der Waals surface area contributed by atoms with Gasteiger partial charge in [0.15, 0.2) is 5.75 Å². The Morgan fingerprint density at radius 3 is 2.74 bits per heavy atom. The second kappa shape index (κ2) is 8.43. The first-order valence-corrected chi connectivity index (χ1v) is 11.6. The molecule has 0 spiro atoms. The molecule has 5 rings (SSSR count). The lowest BCUT2D eigenvalue weighted by molar-refractivity contribution is 0.165. The number of benzene rings is 1. The fraction of sp³-hybridized carbons (Fsp3) is 0.435. The maximum Gasteiger partial charge on any atom is 0.261 e. The third-order valence-electron chi connectivity index (χ3n) is 6.03. The number of aromatic nitrogens is 4. The van der Waals surface area contributed by atoms with Gasteiger partial charge in [0.05, 0.1) is 5.69 Å². The van der Waals surface area contributed by atoms with Crippen LogP contribution in [0.25, 0.3) is 20.9 Å². The molecule has 3 aromatic heterocycles. The van der Waals surface area contributed by atoms with Crippen molar-refractivity contribution in [1.82, 2.24) is 25.3 Å². The molecule has 1 aliphatic heterocycles. The van der Waals surface area contributed by atoms with Gasteiger partial charge in [-0.2, -0.15) is 5.10 Å². The van der Waals surface area contributed by atoms with E-state index in [9.17, 15) is 0 Å². The molecule has 0 unspecified atom stereocenters. The van der Waals surface area contributed by atoms with E-state index in [0.717, 1.165) is 54.1 Å². The van der Waals surface area contributed by atoms with E-state index in [0.29, 0.717) is 18.2 Å². The third-order valence-corrected chi connectivity index (χ3v) is 7.17. The van der Waals surface area contributed by atoms with E-state index in [-0.39, 0.29) is 6.10 Å². The lowest BCUT2D eigenvalue weighted by atomic mass is 10.1. The second-order valence-electron chi connectivity index (χ2n) is 8.10. The summed E-state index contributed by atoms with van der Waals surface area (Å²) in [6.07, 6.45) is 3.73. The molecular formula is C23H27N5O2S. The summed E-state index contributed by atoms with van der Waals surface area (Å²) in [6.45, 7) is 6.11. The Kier molecular flexibility index (Phi) is 5.50. The standard InChI is InChI=1S/C23H27N5O2S/c1-14-17(15(2)28(3)27-14)8-9-20-25-26-23(30-20)22-21(29-16-10-12-24-13-11-16)18-6-4-5-7-19(18)31-22/h4-7,16,24H,8-13H2,1-3H3. The van der Waals surface area contributed by atoms with E-state index in [2.05, 4.69) is 45.7 Å². The van der Waals surface area contributed by atoms with E-state index < -0.39 is 0 Å². The van der Waals surface area contributed by atoms with Gasteiger partial charge in [-0.05, 0) is 63.9 Å². The van der Waals surface area contributed by atoms with Crippen LogP contribution in [0.15, 0.2) is 28.7 Å². The fourth-order valence-corrected chi connectivity index (χ4v) is 5.27. The minimum atomic E-state index is 0.205. The summed E-state index contributed by atoms with van der Waals surface area (Å²) in [7, 11) is 1.97. The van der Waals surface area contributed by atoms with Crippen LogP contribution in [0.2, 0.25) is 0 Å². The minimum Gasteiger partial charge on any atom is -0.488 e. The van der Waals surface area contributed by atoms with Crippen LogP contribution in [0.4, 0.5) is 0 Å². The number of rotatable bonds is 6. The van der Waals surface area contributed by atoms with Crippen LogP contribution in [0, 0.1) is 13.8 Å². The van der Waals surface area contributed by atoms with E-state index in [1.54, 1.807) is 11.3 Å². The van der Waals surface area contributed by atoms with E-state index >= 15 is 0 Å². The van der Waals surface area contributed by atoms with Crippen LogP contribution >= 0.6 is 11.3 Å². The van der Waals surface area contributed by atoms with Crippen molar-refractivity contribution in [1.29, 1.82) is 0 Å². The van der Waals surface area contributed by atoms with Gasteiger partial charge in [0.1, 0.15) is 11.0 Å². The van der Waals surface area contributed by atoms with Crippen LogP contribution in [0.1, 0.15) is 35.7 Å². The van der Waals surface area contributed by atoms with E-state index in [1.165, 1.54) is 16.0 Å². The normalized spacial score (nSPS) is 15.1. The van der Waals surface area contributed by atoms with E-state index in [4.69, 9.17) is 9.15 Å². The van der Waals surface area contributed by atoms with Crippen LogP contribution in [-0.2, 0) is 19.9 Å². The number of nitrogens with zero attached hydrogens (tertiary/aromatic N) is 4. The zero-order valence-corrected chi connectivity index (χ0v) is 19.0. The molecule has 1 aromatic carbocycles. The average molecular weight is 438 g/mol. The van der Waals surface area contributed by atoms with Gasteiger partial charge in [-0.25, -0.2) is 0 Å². The predicted molar refractivity (Wildman–Crippen MR) is 122 cm³/mol. The number of nitrogens with one attached hydrogen (secondary N) is 1. The topological polar surface area (TPSA) is 78.0 Å². The Bertz CT molecular complexity index is 1200.